The highest BCUT2D eigenvalue weighted by Gasteiger charge is 2.12. The Hall–Kier alpha value is -0.610. The predicted octanol–water partition coefficient (Wildman–Crippen LogP) is 3.12. The van der Waals surface area contributed by atoms with Crippen LogP contribution in [0.4, 0.5) is 5.69 Å². The molecule has 0 radical (unpaired) electrons. The van der Waals surface area contributed by atoms with Gasteiger partial charge in [0.05, 0.1) is 12.2 Å². The highest BCUT2D eigenvalue weighted by Crippen LogP contribution is 2.37. The lowest BCUT2D eigenvalue weighted by Crippen LogP contribution is -1.97. The van der Waals surface area contributed by atoms with Gasteiger partial charge in [0.25, 0.3) is 0 Å². The van der Waals surface area contributed by atoms with Crippen molar-refractivity contribution in [1.29, 1.82) is 0 Å². The molecule has 0 atom stereocenters. The molecule has 1 aromatic rings. The molecule has 2 rings (SSSR count). The van der Waals surface area contributed by atoms with Crippen LogP contribution in [-0.4, -0.2) is 16.6 Å². The van der Waals surface area contributed by atoms with Gasteiger partial charge in [0.1, 0.15) is 15.8 Å². The predicted molar refractivity (Wildman–Crippen MR) is 60.1 cm³/mol. The molecular weight excluding hydrogens is 202 g/mol. The van der Waals surface area contributed by atoms with E-state index >= 15 is 0 Å². The van der Waals surface area contributed by atoms with Gasteiger partial charge in [-0.15, -0.1) is 0 Å². The van der Waals surface area contributed by atoms with Crippen LogP contribution in [0.2, 0.25) is 0 Å². The molecule has 1 fully saturated rings. The number of thioether (sulfide) groups is 2. The number of para-hydroxylation sites is 2. The maximum absolute atomic E-state index is 5.19. The zero-order valence-corrected chi connectivity index (χ0v) is 8.82. The Morgan fingerprint density at radius 3 is 2.69 bits per heavy atom. The van der Waals surface area contributed by atoms with Crippen molar-refractivity contribution in [2.45, 2.75) is 0 Å². The van der Waals surface area contributed by atoms with Crippen molar-refractivity contribution in [3.8, 4) is 5.75 Å². The van der Waals surface area contributed by atoms with E-state index in [2.05, 4.69) is 4.99 Å². The molecule has 0 amide bonds. The molecular formula is C9H9NOS2. The molecule has 2 nitrogen and oxygen atoms in total. The molecule has 1 aliphatic heterocycles. The molecule has 1 heterocycles. The molecule has 1 aromatic carbocycles. The highest BCUT2D eigenvalue weighted by molar-refractivity contribution is 8.52. The fourth-order valence-corrected chi connectivity index (χ4v) is 2.22. The van der Waals surface area contributed by atoms with E-state index in [-0.39, 0.29) is 0 Å². The maximum Gasteiger partial charge on any atom is 0.144 e. The molecule has 0 aromatic heterocycles. The van der Waals surface area contributed by atoms with E-state index in [4.69, 9.17) is 4.74 Å². The van der Waals surface area contributed by atoms with Crippen molar-refractivity contribution in [2.24, 2.45) is 4.99 Å². The lowest BCUT2D eigenvalue weighted by Gasteiger charge is -2.13. The summed E-state index contributed by atoms with van der Waals surface area (Å²) >= 11 is 3.55. The van der Waals surface area contributed by atoms with E-state index in [0.717, 1.165) is 20.9 Å². The first-order valence-corrected chi connectivity index (χ1v) is 5.84. The molecule has 4 heteroatoms. The smallest absolute Gasteiger partial charge is 0.144 e. The van der Waals surface area contributed by atoms with Crippen molar-refractivity contribution >= 4 is 33.6 Å². The van der Waals surface area contributed by atoms with E-state index < -0.39 is 0 Å². The summed E-state index contributed by atoms with van der Waals surface area (Å²) in [5.41, 5.74) is 0.916. The first kappa shape index (κ1) is 8.97. The van der Waals surface area contributed by atoms with Crippen molar-refractivity contribution in [2.75, 3.05) is 12.2 Å². The second kappa shape index (κ2) is 4.07. The Balaban J connectivity index is 2.27. The molecule has 0 saturated carbocycles. The summed E-state index contributed by atoms with van der Waals surface area (Å²) in [4.78, 5) is 4.45. The summed E-state index contributed by atoms with van der Waals surface area (Å²) in [6, 6.07) is 7.80. The number of methoxy groups -OCH3 is 1. The molecule has 0 N–H and O–H groups in total. The highest BCUT2D eigenvalue weighted by atomic mass is 32.3. The minimum atomic E-state index is 0.836. The molecule has 0 unspecified atom stereocenters. The van der Waals surface area contributed by atoms with Gasteiger partial charge in [0.2, 0.25) is 0 Å². The van der Waals surface area contributed by atoms with Gasteiger partial charge < -0.3 is 4.74 Å². The second-order valence-corrected chi connectivity index (χ2v) is 5.01. The van der Waals surface area contributed by atoms with Crippen LogP contribution in [0.1, 0.15) is 0 Å². The van der Waals surface area contributed by atoms with Crippen LogP contribution < -0.4 is 4.74 Å². The van der Waals surface area contributed by atoms with Crippen LogP contribution in [0, 0.1) is 0 Å². The fraction of sp³-hybridized carbons (Fsp3) is 0.222. The Labute approximate surface area is 85.8 Å². The van der Waals surface area contributed by atoms with Crippen molar-refractivity contribution in [1.82, 2.24) is 0 Å². The van der Waals surface area contributed by atoms with Gasteiger partial charge in [-0.1, -0.05) is 35.7 Å². The zero-order valence-electron chi connectivity index (χ0n) is 7.19. The minimum absolute atomic E-state index is 0.836. The monoisotopic (exact) mass is 211 g/mol. The van der Waals surface area contributed by atoms with Crippen LogP contribution in [0.15, 0.2) is 29.3 Å². The standard InChI is InChI=1S/C9H9NOS2/c1-11-8-5-3-2-4-7(8)10-9-12-6-13-9/h2-5H,6H2,1H3. The molecule has 0 spiro atoms. The molecule has 1 saturated heterocycles. The van der Waals surface area contributed by atoms with Crippen LogP contribution in [-0.2, 0) is 0 Å². The van der Waals surface area contributed by atoms with Gasteiger partial charge in [-0.05, 0) is 12.1 Å². The number of benzene rings is 1. The van der Waals surface area contributed by atoms with Crippen LogP contribution >= 0.6 is 23.5 Å². The van der Waals surface area contributed by atoms with Crippen molar-refractivity contribution < 1.29 is 4.74 Å². The summed E-state index contributed by atoms with van der Waals surface area (Å²) in [7, 11) is 1.67. The number of rotatable bonds is 2. The lowest BCUT2D eigenvalue weighted by molar-refractivity contribution is 0.416. The van der Waals surface area contributed by atoms with Crippen molar-refractivity contribution in [3.63, 3.8) is 0 Å². The number of ether oxygens (including phenoxy) is 1. The summed E-state index contributed by atoms with van der Waals surface area (Å²) in [6.07, 6.45) is 0. The summed E-state index contributed by atoms with van der Waals surface area (Å²) in [6.45, 7) is 0. The Bertz CT molecular complexity index is 332. The van der Waals surface area contributed by atoms with Crippen molar-refractivity contribution in [3.05, 3.63) is 24.3 Å². The first-order valence-electron chi connectivity index (χ1n) is 3.87. The lowest BCUT2D eigenvalue weighted by atomic mass is 10.3. The normalized spacial score (nSPS) is 15.0. The third-order valence-electron chi connectivity index (χ3n) is 1.66. The van der Waals surface area contributed by atoms with Gasteiger partial charge in [-0.25, -0.2) is 4.99 Å². The molecule has 0 aliphatic carbocycles. The van der Waals surface area contributed by atoms with Gasteiger partial charge in [-0.3, -0.25) is 0 Å². The minimum Gasteiger partial charge on any atom is -0.494 e. The Morgan fingerprint density at radius 1 is 1.31 bits per heavy atom. The first-order chi connectivity index (χ1) is 6.40. The molecule has 13 heavy (non-hydrogen) atoms. The number of nitrogens with zero attached hydrogens (tertiary/aromatic N) is 1. The van der Waals surface area contributed by atoms with E-state index in [1.165, 1.54) is 0 Å². The van der Waals surface area contributed by atoms with Gasteiger partial charge in [0.15, 0.2) is 0 Å². The second-order valence-electron chi connectivity index (χ2n) is 2.46. The maximum atomic E-state index is 5.19. The van der Waals surface area contributed by atoms with E-state index in [1.54, 1.807) is 30.6 Å². The Morgan fingerprint density at radius 2 is 2.08 bits per heavy atom. The summed E-state index contributed by atoms with van der Waals surface area (Å²) in [5, 5.41) is 1.12. The summed E-state index contributed by atoms with van der Waals surface area (Å²) in [5.74, 6) is 0.836. The Kier molecular flexibility index (Phi) is 2.80. The number of aliphatic imine (C=N–C) groups is 1. The van der Waals surface area contributed by atoms with E-state index in [0.29, 0.717) is 0 Å². The summed E-state index contributed by atoms with van der Waals surface area (Å²) < 4.78 is 6.32. The van der Waals surface area contributed by atoms with E-state index in [9.17, 15) is 0 Å². The number of hydrogen-bond donors (Lipinski definition) is 0. The van der Waals surface area contributed by atoms with Crippen LogP contribution in [0.5, 0.6) is 5.75 Å². The topological polar surface area (TPSA) is 21.6 Å². The fourth-order valence-electron chi connectivity index (χ4n) is 0.997. The zero-order chi connectivity index (χ0) is 9.10. The van der Waals surface area contributed by atoms with Gasteiger partial charge in [0, 0.05) is 0 Å². The van der Waals surface area contributed by atoms with E-state index in [1.807, 2.05) is 24.3 Å². The van der Waals surface area contributed by atoms with Gasteiger partial charge in [-0.2, -0.15) is 0 Å². The molecule has 1 aliphatic rings. The molecule has 68 valence electrons. The average Bonchev–Trinajstić information content (AvgIpc) is 2.12. The SMILES string of the molecule is COc1ccccc1N=C1SCS1. The number of hydrogen-bond acceptors (Lipinski definition) is 4. The van der Waals surface area contributed by atoms with Crippen LogP contribution in [0.3, 0.4) is 0 Å². The third-order valence-corrected chi connectivity index (χ3v) is 3.99. The van der Waals surface area contributed by atoms with Crippen LogP contribution in [0.25, 0.3) is 0 Å². The van der Waals surface area contributed by atoms with Gasteiger partial charge >= 0.3 is 0 Å². The average molecular weight is 211 g/mol. The quantitative estimate of drug-likeness (QED) is 0.750. The largest absolute Gasteiger partial charge is 0.494 e. The molecule has 0 bridgehead atoms. The third kappa shape index (κ3) is 2.00.